The van der Waals surface area contributed by atoms with Gasteiger partial charge in [0, 0.05) is 0 Å². The highest BCUT2D eigenvalue weighted by Gasteiger charge is 2.29. The van der Waals surface area contributed by atoms with E-state index in [1.165, 1.54) is 12.8 Å². The first-order chi connectivity index (χ1) is 9.57. The maximum Gasteiger partial charge on any atom is 0.362 e. The second kappa shape index (κ2) is 8.84. The third-order valence-electron chi connectivity index (χ3n) is 2.97. The molecule has 0 bridgehead atoms. The van der Waals surface area contributed by atoms with E-state index in [0.717, 1.165) is 18.4 Å². The van der Waals surface area contributed by atoms with Crippen molar-refractivity contribution in [2.24, 2.45) is 0 Å². The zero-order valence-corrected chi connectivity index (χ0v) is 14.2. The maximum absolute atomic E-state index is 12.7. The lowest BCUT2D eigenvalue weighted by Crippen LogP contribution is -2.12. The average molecular weight is 319 g/mol. The summed E-state index contributed by atoms with van der Waals surface area (Å²) in [6, 6.07) is 5.61. The van der Waals surface area contributed by atoms with E-state index in [1.54, 1.807) is 19.9 Å². The SMILES string of the molecule is CCCCCc1ccc(P(=O)(OCC)OCC)c(Cl)c1. The van der Waals surface area contributed by atoms with Crippen LogP contribution in [0.4, 0.5) is 0 Å². The van der Waals surface area contributed by atoms with Crippen molar-refractivity contribution in [2.45, 2.75) is 46.5 Å². The molecule has 0 fully saturated rings. The fourth-order valence-electron chi connectivity index (χ4n) is 2.02. The monoisotopic (exact) mass is 318 g/mol. The fourth-order valence-corrected chi connectivity index (χ4v) is 4.15. The lowest BCUT2D eigenvalue weighted by atomic mass is 10.1. The van der Waals surface area contributed by atoms with Crippen molar-refractivity contribution in [3.05, 3.63) is 28.8 Å². The van der Waals surface area contributed by atoms with Crippen LogP contribution in [-0.2, 0) is 20.0 Å². The molecule has 0 aliphatic rings. The van der Waals surface area contributed by atoms with Crippen LogP contribution in [0.15, 0.2) is 18.2 Å². The quantitative estimate of drug-likeness (QED) is 0.476. The molecule has 0 N–H and O–H groups in total. The average Bonchev–Trinajstić information content (AvgIpc) is 2.39. The van der Waals surface area contributed by atoms with E-state index < -0.39 is 7.60 Å². The van der Waals surface area contributed by atoms with Crippen molar-refractivity contribution in [1.29, 1.82) is 0 Å². The first-order valence-corrected chi connectivity index (χ1v) is 9.17. The van der Waals surface area contributed by atoms with Crippen molar-refractivity contribution in [2.75, 3.05) is 13.2 Å². The van der Waals surface area contributed by atoms with Crippen LogP contribution in [0.3, 0.4) is 0 Å². The van der Waals surface area contributed by atoms with Crippen molar-refractivity contribution in [1.82, 2.24) is 0 Å². The minimum Gasteiger partial charge on any atom is -0.305 e. The van der Waals surface area contributed by atoms with Gasteiger partial charge in [-0.05, 0) is 44.4 Å². The van der Waals surface area contributed by atoms with Gasteiger partial charge in [-0.3, -0.25) is 4.57 Å². The Labute approximate surface area is 127 Å². The molecule has 0 aliphatic heterocycles. The van der Waals surface area contributed by atoms with Crippen LogP contribution in [0.2, 0.25) is 5.02 Å². The van der Waals surface area contributed by atoms with Crippen molar-refractivity contribution in [3.8, 4) is 0 Å². The van der Waals surface area contributed by atoms with Crippen LogP contribution >= 0.6 is 19.2 Å². The van der Waals surface area contributed by atoms with E-state index in [4.69, 9.17) is 20.6 Å². The van der Waals surface area contributed by atoms with Gasteiger partial charge in [0.05, 0.1) is 23.5 Å². The third kappa shape index (κ3) is 4.89. The smallest absolute Gasteiger partial charge is 0.305 e. The van der Waals surface area contributed by atoms with Gasteiger partial charge in [0.1, 0.15) is 0 Å². The highest BCUT2D eigenvalue weighted by Crippen LogP contribution is 2.48. The van der Waals surface area contributed by atoms with E-state index in [-0.39, 0.29) is 0 Å². The first-order valence-electron chi connectivity index (χ1n) is 7.25. The molecule has 1 rings (SSSR count). The minimum atomic E-state index is -3.29. The van der Waals surface area contributed by atoms with Gasteiger partial charge in [-0.1, -0.05) is 37.4 Å². The van der Waals surface area contributed by atoms with Crippen LogP contribution in [0.25, 0.3) is 0 Å². The molecule has 0 spiro atoms. The summed E-state index contributed by atoms with van der Waals surface area (Å²) >= 11 is 6.27. The predicted molar refractivity (Wildman–Crippen MR) is 85.2 cm³/mol. The zero-order chi connectivity index (χ0) is 15.0. The molecule has 20 heavy (non-hydrogen) atoms. The minimum absolute atomic E-state index is 0.325. The van der Waals surface area contributed by atoms with Crippen molar-refractivity contribution in [3.63, 3.8) is 0 Å². The summed E-state index contributed by atoms with van der Waals surface area (Å²) in [5, 5.41) is 0.923. The van der Waals surface area contributed by atoms with Crippen LogP contribution in [-0.4, -0.2) is 13.2 Å². The molecule has 0 unspecified atom stereocenters. The topological polar surface area (TPSA) is 35.5 Å². The molecule has 0 heterocycles. The van der Waals surface area contributed by atoms with Crippen molar-refractivity contribution >= 4 is 24.5 Å². The summed E-state index contributed by atoms with van der Waals surface area (Å²) < 4.78 is 23.3. The Morgan fingerprint density at radius 2 is 1.75 bits per heavy atom. The molecular formula is C15H24ClO3P. The Morgan fingerprint density at radius 3 is 2.25 bits per heavy atom. The Morgan fingerprint density at radius 1 is 1.10 bits per heavy atom. The molecular weight excluding hydrogens is 295 g/mol. The number of halogens is 1. The van der Waals surface area contributed by atoms with Crippen LogP contribution in [0.1, 0.15) is 45.6 Å². The van der Waals surface area contributed by atoms with Gasteiger partial charge < -0.3 is 9.05 Å². The van der Waals surface area contributed by atoms with E-state index >= 15 is 0 Å². The van der Waals surface area contributed by atoms with Crippen molar-refractivity contribution < 1.29 is 13.6 Å². The largest absolute Gasteiger partial charge is 0.362 e. The first kappa shape index (κ1) is 17.7. The summed E-state index contributed by atoms with van der Waals surface area (Å²) in [7, 11) is -3.29. The normalized spacial score (nSPS) is 11.8. The molecule has 0 atom stereocenters. The molecule has 1 aromatic rings. The van der Waals surface area contributed by atoms with Gasteiger partial charge in [-0.25, -0.2) is 0 Å². The van der Waals surface area contributed by atoms with E-state index in [9.17, 15) is 4.57 Å². The standard InChI is InChI=1S/C15H24ClO3P/c1-4-7-8-9-13-10-11-15(14(16)12-13)20(17,18-5-2)19-6-3/h10-12H,4-9H2,1-3H3. The van der Waals surface area contributed by atoms with Gasteiger partial charge in [0.2, 0.25) is 0 Å². The Bertz CT molecular complexity index is 452. The number of benzene rings is 1. The van der Waals surface area contributed by atoms with Gasteiger partial charge in [-0.15, -0.1) is 0 Å². The lowest BCUT2D eigenvalue weighted by molar-refractivity contribution is 0.230. The Kier molecular flexibility index (Phi) is 7.83. The molecule has 5 heteroatoms. The Hall–Kier alpha value is -0.340. The summed E-state index contributed by atoms with van der Waals surface area (Å²) in [6.07, 6.45) is 4.52. The summed E-state index contributed by atoms with van der Waals surface area (Å²) in [4.78, 5) is 0. The number of hydrogen-bond donors (Lipinski definition) is 0. The van der Waals surface area contributed by atoms with Crippen LogP contribution < -0.4 is 5.30 Å². The van der Waals surface area contributed by atoms with E-state index in [1.807, 2.05) is 12.1 Å². The number of hydrogen-bond acceptors (Lipinski definition) is 3. The molecule has 0 aliphatic carbocycles. The summed E-state index contributed by atoms with van der Waals surface area (Å²) in [5.74, 6) is 0. The van der Waals surface area contributed by atoms with Gasteiger partial charge in [0.15, 0.2) is 0 Å². The molecule has 0 saturated heterocycles. The third-order valence-corrected chi connectivity index (χ3v) is 5.60. The molecule has 0 saturated carbocycles. The molecule has 3 nitrogen and oxygen atoms in total. The van der Waals surface area contributed by atoms with Gasteiger partial charge in [0.25, 0.3) is 0 Å². The van der Waals surface area contributed by atoms with Crippen LogP contribution in [0.5, 0.6) is 0 Å². The summed E-state index contributed by atoms with van der Waals surface area (Å²) in [5.41, 5.74) is 1.16. The fraction of sp³-hybridized carbons (Fsp3) is 0.600. The number of unbranched alkanes of at least 4 members (excludes halogenated alkanes) is 2. The zero-order valence-electron chi connectivity index (χ0n) is 12.5. The van der Waals surface area contributed by atoms with Gasteiger partial charge >= 0.3 is 7.60 Å². The molecule has 114 valence electrons. The van der Waals surface area contributed by atoms with E-state index in [2.05, 4.69) is 6.92 Å². The second-order valence-corrected chi connectivity index (χ2v) is 6.98. The highest BCUT2D eigenvalue weighted by molar-refractivity contribution is 7.62. The van der Waals surface area contributed by atoms with E-state index in [0.29, 0.717) is 23.5 Å². The highest BCUT2D eigenvalue weighted by atomic mass is 35.5. The predicted octanol–water partition coefficient (Wildman–Crippen LogP) is 4.96. The second-order valence-electron chi connectivity index (χ2n) is 4.58. The maximum atomic E-state index is 12.7. The number of rotatable bonds is 9. The van der Waals surface area contributed by atoms with Crippen LogP contribution in [0, 0.1) is 0 Å². The molecule has 0 aromatic heterocycles. The molecule has 0 amide bonds. The Balaban J connectivity index is 2.92. The molecule has 0 radical (unpaired) electrons. The number of aryl methyl sites for hydroxylation is 1. The van der Waals surface area contributed by atoms with Gasteiger partial charge in [-0.2, -0.15) is 0 Å². The summed E-state index contributed by atoms with van der Waals surface area (Å²) in [6.45, 7) is 6.41. The lowest BCUT2D eigenvalue weighted by Gasteiger charge is -2.18. The molecule has 1 aromatic carbocycles.